The van der Waals surface area contributed by atoms with E-state index in [2.05, 4.69) is 115 Å². The predicted molar refractivity (Wildman–Crippen MR) is 119 cm³/mol. The maximum absolute atomic E-state index is 2.26. The minimum atomic E-state index is 0.185. The molecule has 0 saturated heterocycles. The van der Waals surface area contributed by atoms with Gasteiger partial charge in [-0.1, -0.05) is 108 Å². The molecule has 3 aromatic carbocycles. The van der Waals surface area contributed by atoms with E-state index in [1.165, 1.54) is 38.9 Å². The molecular formula is C27H32. The molecule has 0 aliphatic heterocycles. The molecule has 0 radical (unpaired) electrons. The fourth-order valence-corrected chi connectivity index (χ4v) is 3.56. The van der Waals surface area contributed by atoms with Crippen LogP contribution in [0.2, 0.25) is 0 Å². The summed E-state index contributed by atoms with van der Waals surface area (Å²) < 4.78 is 0. The number of hydrogen-bond acceptors (Lipinski definition) is 0. The van der Waals surface area contributed by atoms with E-state index >= 15 is 0 Å². The molecule has 0 heteroatoms. The van der Waals surface area contributed by atoms with Gasteiger partial charge in [-0.2, -0.15) is 0 Å². The minimum Gasteiger partial charge on any atom is -0.0610 e. The number of hydrogen-bond donors (Lipinski definition) is 0. The van der Waals surface area contributed by atoms with Crippen molar-refractivity contribution in [2.75, 3.05) is 0 Å². The lowest BCUT2D eigenvalue weighted by atomic mass is 9.84. The Bertz CT molecular complexity index is 836. The fraction of sp³-hybridized carbons (Fsp3) is 0.333. The second-order valence-electron chi connectivity index (χ2n) is 9.63. The third kappa shape index (κ3) is 4.16. The van der Waals surface area contributed by atoms with Gasteiger partial charge in [-0.3, -0.25) is 0 Å². The van der Waals surface area contributed by atoms with E-state index in [1.807, 2.05) is 0 Å². The maximum atomic E-state index is 2.26. The van der Waals surface area contributed by atoms with E-state index in [0.717, 1.165) is 0 Å². The molecular weight excluding hydrogens is 324 g/mol. The lowest BCUT2D eigenvalue weighted by molar-refractivity contribution is 0.590. The fourth-order valence-electron chi connectivity index (χ4n) is 3.56. The van der Waals surface area contributed by atoms with E-state index in [4.69, 9.17) is 0 Å². The minimum absolute atomic E-state index is 0.185. The van der Waals surface area contributed by atoms with Crippen molar-refractivity contribution in [3.63, 3.8) is 0 Å². The standard InChI is InChI=1S/C27H32/c1-19-24(20-11-15-22(16-12-20)26(2,3)4)9-8-10-25(19)21-13-17-23(18-14-21)27(5,6)7/h8-18H,1-7H3. The smallest absolute Gasteiger partial charge is 0.0132 e. The molecule has 0 N–H and O–H groups in total. The summed E-state index contributed by atoms with van der Waals surface area (Å²) in [6.45, 7) is 15.8. The second kappa shape index (κ2) is 7.00. The molecule has 0 nitrogen and oxygen atoms in total. The van der Waals surface area contributed by atoms with E-state index in [-0.39, 0.29) is 10.8 Å². The number of benzene rings is 3. The Morgan fingerprint density at radius 1 is 0.481 bits per heavy atom. The normalized spacial score (nSPS) is 12.3. The van der Waals surface area contributed by atoms with Gasteiger partial charge in [0, 0.05) is 0 Å². The van der Waals surface area contributed by atoms with Crippen molar-refractivity contribution in [3.8, 4) is 22.3 Å². The van der Waals surface area contributed by atoms with Crippen LogP contribution in [0.25, 0.3) is 22.3 Å². The van der Waals surface area contributed by atoms with Crippen LogP contribution in [0.3, 0.4) is 0 Å². The molecule has 0 atom stereocenters. The third-order valence-electron chi connectivity index (χ3n) is 5.46. The molecule has 0 aliphatic rings. The first kappa shape index (κ1) is 19.4. The molecule has 0 heterocycles. The summed E-state index contributed by atoms with van der Waals surface area (Å²) in [4.78, 5) is 0. The van der Waals surface area contributed by atoms with E-state index in [9.17, 15) is 0 Å². The van der Waals surface area contributed by atoms with Crippen molar-refractivity contribution in [1.29, 1.82) is 0 Å². The van der Waals surface area contributed by atoms with Crippen LogP contribution in [0.5, 0.6) is 0 Å². The highest BCUT2D eigenvalue weighted by molar-refractivity contribution is 5.78. The summed E-state index contributed by atoms with van der Waals surface area (Å²) in [5.74, 6) is 0. The van der Waals surface area contributed by atoms with Crippen molar-refractivity contribution < 1.29 is 0 Å². The summed E-state index contributed by atoms with van der Waals surface area (Å²) in [5.41, 5.74) is 9.65. The lowest BCUT2D eigenvalue weighted by Crippen LogP contribution is -2.10. The summed E-state index contributed by atoms with van der Waals surface area (Å²) in [6, 6.07) is 24.7. The Hall–Kier alpha value is -2.34. The van der Waals surface area contributed by atoms with Gasteiger partial charge < -0.3 is 0 Å². The lowest BCUT2D eigenvalue weighted by Gasteiger charge is -2.20. The molecule has 0 aliphatic carbocycles. The van der Waals surface area contributed by atoms with Gasteiger partial charge in [0.15, 0.2) is 0 Å². The molecule has 0 bridgehead atoms. The van der Waals surface area contributed by atoms with Crippen molar-refractivity contribution in [2.24, 2.45) is 0 Å². The highest BCUT2D eigenvalue weighted by Crippen LogP contribution is 2.34. The van der Waals surface area contributed by atoms with Gasteiger partial charge in [0.05, 0.1) is 0 Å². The summed E-state index contributed by atoms with van der Waals surface area (Å²) in [7, 11) is 0. The SMILES string of the molecule is Cc1c(-c2ccc(C(C)(C)C)cc2)cccc1-c1ccc(C(C)(C)C)cc1. The Morgan fingerprint density at radius 3 is 1.11 bits per heavy atom. The molecule has 3 rings (SSSR count). The van der Waals surface area contributed by atoms with Gasteiger partial charge in [-0.05, 0) is 56.7 Å². The first-order valence-corrected chi connectivity index (χ1v) is 9.89. The second-order valence-corrected chi connectivity index (χ2v) is 9.63. The Kier molecular flexibility index (Phi) is 5.04. The van der Waals surface area contributed by atoms with Crippen molar-refractivity contribution in [3.05, 3.63) is 83.4 Å². The first-order valence-electron chi connectivity index (χ1n) is 9.89. The zero-order chi connectivity index (χ0) is 19.8. The van der Waals surface area contributed by atoms with E-state index < -0.39 is 0 Å². The average molecular weight is 357 g/mol. The molecule has 0 saturated carbocycles. The van der Waals surface area contributed by atoms with Crippen LogP contribution >= 0.6 is 0 Å². The predicted octanol–water partition coefficient (Wildman–Crippen LogP) is 7.92. The summed E-state index contributed by atoms with van der Waals surface area (Å²) in [6.07, 6.45) is 0. The molecule has 3 aromatic rings. The van der Waals surface area contributed by atoms with Crippen molar-refractivity contribution >= 4 is 0 Å². The van der Waals surface area contributed by atoms with Crippen LogP contribution in [-0.2, 0) is 10.8 Å². The highest BCUT2D eigenvalue weighted by atomic mass is 14.2. The van der Waals surface area contributed by atoms with Crippen LogP contribution in [0.1, 0.15) is 58.2 Å². The zero-order valence-electron chi connectivity index (χ0n) is 17.9. The van der Waals surface area contributed by atoms with Crippen molar-refractivity contribution in [2.45, 2.75) is 59.3 Å². The molecule has 27 heavy (non-hydrogen) atoms. The summed E-state index contributed by atoms with van der Waals surface area (Å²) in [5, 5.41) is 0. The monoisotopic (exact) mass is 356 g/mol. The quantitative estimate of drug-likeness (QED) is 0.437. The van der Waals surface area contributed by atoms with Crippen LogP contribution in [0.15, 0.2) is 66.7 Å². The van der Waals surface area contributed by atoms with Gasteiger partial charge in [-0.15, -0.1) is 0 Å². The van der Waals surface area contributed by atoms with E-state index in [0.29, 0.717) is 0 Å². The Morgan fingerprint density at radius 2 is 0.815 bits per heavy atom. The van der Waals surface area contributed by atoms with Gasteiger partial charge in [0.1, 0.15) is 0 Å². The average Bonchev–Trinajstić information content (AvgIpc) is 2.61. The largest absolute Gasteiger partial charge is 0.0610 e. The maximum Gasteiger partial charge on any atom is -0.0132 e. The summed E-state index contributed by atoms with van der Waals surface area (Å²) >= 11 is 0. The third-order valence-corrected chi connectivity index (χ3v) is 5.46. The van der Waals surface area contributed by atoms with Crippen LogP contribution in [0.4, 0.5) is 0 Å². The Labute approximate surface area is 165 Å². The van der Waals surface area contributed by atoms with Gasteiger partial charge in [0.2, 0.25) is 0 Å². The molecule has 0 aromatic heterocycles. The Balaban J connectivity index is 1.99. The zero-order valence-corrected chi connectivity index (χ0v) is 17.9. The van der Waals surface area contributed by atoms with Crippen molar-refractivity contribution in [1.82, 2.24) is 0 Å². The molecule has 140 valence electrons. The molecule has 0 spiro atoms. The molecule has 0 unspecified atom stereocenters. The van der Waals surface area contributed by atoms with Gasteiger partial charge in [-0.25, -0.2) is 0 Å². The van der Waals surface area contributed by atoms with Gasteiger partial charge >= 0.3 is 0 Å². The highest BCUT2D eigenvalue weighted by Gasteiger charge is 2.15. The first-order chi connectivity index (χ1) is 12.6. The molecule has 0 amide bonds. The van der Waals surface area contributed by atoms with E-state index in [1.54, 1.807) is 0 Å². The van der Waals surface area contributed by atoms with Gasteiger partial charge in [0.25, 0.3) is 0 Å². The number of rotatable bonds is 2. The molecule has 0 fully saturated rings. The van der Waals surface area contributed by atoms with Crippen LogP contribution < -0.4 is 0 Å². The van der Waals surface area contributed by atoms with Crippen LogP contribution in [-0.4, -0.2) is 0 Å². The topological polar surface area (TPSA) is 0 Å². The van der Waals surface area contributed by atoms with Crippen LogP contribution in [0, 0.1) is 6.92 Å².